The number of hydrogen-bond donors (Lipinski definition) is 1. The molecule has 0 spiro atoms. The van der Waals surface area contributed by atoms with Crippen LogP contribution in [0.3, 0.4) is 0 Å². The molecule has 0 aromatic heterocycles. The average Bonchev–Trinajstić information content (AvgIpc) is 2.77. The summed E-state index contributed by atoms with van der Waals surface area (Å²) in [6.07, 6.45) is 3.75. The fraction of sp³-hybridized carbons (Fsp3) is 0.944. The van der Waals surface area contributed by atoms with Crippen molar-refractivity contribution in [3.8, 4) is 0 Å². The standard InChI is InChI=1S/C18H35N3O2/c1-17(2,3)23-16(22)21-12-10-20(11-13-21)9-8-19-15-6-7-18(4,5)14-15/h15,19H,6-14H2,1-5H3. The van der Waals surface area contributed by atoms with Gasteiger partial charge >= 0.3 is 6.09 Å². The smallest absolute Gasteiger partial charge is 0.410 e. The molecule has 5 heteroatoms. The summed E-state index contributed by atoms with van der Waals surface area (Å²) in [5.41, 5.74) is 0.101. The predicted molar refractivity (Wildman–Crippen MR) is 93.7 cm³/mol. The van der Waals surface area contributed by atoms with Crippen molar-refractivity contribution in [3.63, 3.8) is 0 Å². The number of nitrogens with zero attached hydrogens (tertiary/aromatic N) is 2. The van der Waals surface area contributed by atoms with Crippen molar-refractivity contribution in [1.82, 2.24) is 15.1 Å². The summed E-state index contributed by atoms with van der Waals surface area (Å²) >= 11 is 0. The fourth-order valence-electron chi connectivity index (χ4n) is 3.52. The highest BCUT2D eigenvalue weighted by Crippen LogP contribution is 2.36. The number of nitrogens with one attached hydrogen (secondary N) is 1. The second-order valence-electron chi connectivity index (χ2n) is 8.87. The molecule has 1 aliphatic carbocycles. The van der Waals surface area contributed by atoms with Gasteiger partial charge in [-0.1, -0.05) is 13.8 Å². The van der Waals surface area contributed by atoms with Crippen molar-refractivity contribution in [2.24, 2.45) is 5.41 Å². The topological polar surface area (TPSA) is 44.8 Å². The second-order valence-corrected chi connectivity index (χ2v) is 8.87. The third-order valence-electron chi connectivity index (χ3n) is 4.85. The summed E-state index contributed by atoms with van der Waals surface area (Å²) < 4.78 is 5.44. The molecule has 1 N–H and O–H groups in total. The van der Waals surface area contributed by atoms with E-state index >= 15 is 0 Å². The molecule has 2 aliphatic rings. The number of carbonyl (C=O) groups is 1. The lowest BCUT2D eigenvalue weighted by molar-refractivity contribution is 0.0146. The summed E-state index contributed by atoms with van der Waals surface area (Å²) in [4.78, 5) is 16.3. The molecule has 2 fully saturated rings. The van der Waals surface area contributed by atoms with Gasteiger partial charge in [-0.3, -0.25) is 4.90 Å². The van der Waals surface area contributed by atoms with Crippen LogP contribution < -0.4 is 5.32 Å². The van der Waals surface area contributed by atoms with E-state index < -0.39 is 5.60 Å². The first-order chi connectivity index (χ1) is 10.6. The molecule has 1 saturated heterocycles. The lowest BCUT2D eigenvalue weighted by Crippen LogP contribution is -2.51. The molecule has 0 bridgehead atoms. The van der Waals surface area contributed by atoms with E-state index in [1.807, 2.05) is 25.7 Å². The van der Waals surface area contributed by atoms with Crippen molar-refractivity contribution in [3.05, 3.63) is 0 Å². The average molecular weight is 325 g/mol. The minimum Gasteiger partial charge on any atom is -0.444 e. The summed E-state index contributed by atoms with van der Waals surface area (Å²) in [6.45, 7) is 16.0. The van der Waals surface area contributed by atoms with E-state index in [-0.39, 0.29) is 6.09 Å². The zero-order chi connectivity index (χ0) is 17.1. The maximum Gasteiger partial charge on any atom is 0.410 e. The number of piperazine rings is 1. The second kappa shape index (κ2) is 7.39. The Labute approximate surface area is 141 Å². The Morgan fingerprint density at radius 2 is 1.87 bits per heavy atom. The Kier molecular flexibility index (Phi) is 5.95. The molecule has 1 atom stereocenters. The van der Waals surface area contributed by atoms with E-state index in [2.05, 4.69) is 24.1 Å². The van der Waals surface area contributed by atoms with Crippen LogP contribution in [0.1, 0.15) is 53.9 Å². The zero-order valence-electron chi connectivity index (χ0n) is 15.7. The van der Waals surface area contributed by atoms with Gasteiger partial charge in [0.2, 0.25) is 0 Å². The first kappa shape index (κ1) is 18.5. The molecule has 2 rings (SSSR count). The largest absolute Gasteiger partial charge is 0.444 e. The number of carbonyl (C=O) groups excluding carboxylic acids is 1. The van der Waals surface area contributed by atoms with Gasteiger partial charge in [0.15, 0.2) is 0 Å². The highest BCUT2D eigenvalue weighted by Gasteiger charge is 2.30. The number of amides is 1. The van der Waals surface area contributed by atoms with E-state index in [0.29, 0.717) is 11.5 Å². The third kappa shape index (κ3) is 6.30. The summed E-state index contributed by atoms with van der Waals surface area (Å²) in [6, 6.07) is 0.688. The van der Waals surface area contributed by atoms with Gasteiger partial charge in [-0.2, -0.15) is 0 Å². The molecule has 1 saturated carbocycles. The molecule has 1 amide bonds. The molecule has 134 valence electrons. The first-order valence-electron chi connectivity index (χ1n) is 9.08. The fourth-order valence-corrected chi connectivity index (χ4v) is 3.52. The van der Waals surface area contributed by atoms with E-state index in [0.717, 1.165) is 39.3 Å². The van der Waals surface area contributed by atoms with Crippen LogP contribution in [0.2, 0.25) is 0 Å². The van der Waals surface area contributed by atoms with Crippen LogP contribution in [-0.4, -0.2) is 66.8 Å². The van der Waals surface area contributed by atoms with Crippen molar-refractivity contribution < 1.29 is 9.53 Å². The number of rotatable bonds is 4. The van der Waals surface area contributed by atoms with E-state index in [4.69, 9.17) is 4.74 Å². The highest BCUT2D eigenvalue weighted by molar-refractivity contribution is 5.68. The number of hydrogen-bond acceptors (Lipinski definition) is 4. The van der Waals surface area contributed by atoms with Crippen LogP contribution in [0.15, 0.2) is 0 Å². The Hall–Kier alpha value is -0.810. The molecule has 5 nitrogen and oxygen atoms in total. The summed E-state index contributed by atoms with van der Waals surface area (Å²) in [5.74, 6) is 0. The lowest BCUT2D eigenvalue weighted by atomic mass is 9.92. The van der Waals surface area contributed by atoms with Crippen LogP contribution in [0, 0.1) is 5.41 Å². The minimum absolute atomic E-state index is 0.177. The van der Waals surface area contributed by atoms with Gasteiger partial charge in [-0.05, 0) is 45.4 Å². The van der Waals surface area contributed by atoms with Gasteiger partial charge in [-0.15, -0.1) is 0 Å². The Bertz CT molecular complexity index is 396. The van der Waals surface area contributed by atoms with Crippen LogP contribution in [0.4, 0.5) is 4.79 Å². The molecule has 1 heterocycles. The van der Waals surface area contributed by atoms with E-state index in [9.17, 15) is 4.79 Å². The molecule has 1 aliphatic heterocycles. The normalized spacial score (nSPS) is 25.6. The maximum absolute atomic E-state index is 12.0. The Balaban J connectivity index is 1.61. The molecular weight excluding hydrogens is 290 g/mol. The van der Waals surface area contributed by atoms with E-state index in [1.165, 1.54) is 19.3 Å². The Morgan fingerprint density at radius 1 is 1.22 bits per heavy atom. The van der Waals surface area contributed by atoms with Crippen LogP contribution in [-0.2, 0) is 4.74 Å². The molecule has 1 unspecified atom stereocenters. The Morgan fingerprint density at radius 3 is 2.39 bits per heavy atom. The van der Waals surface area contributed by atoms with Gasteiger partial charge in [0.25, 0.3) is 0 Å². The zero-order valence-corrected chi connectivity index (χ0v) is 15.7. The maximum atomic E-state index is 12.0. The minimum atomic E-state index is -0.410. The van der Waals surface area contributed by atoms with Gasteiger partial charge in [0.05, 0.1) is 0 Å². The first-order valence-corrected chi connectivity index (χ1v) is 9.08. The number of ether oxygens (including phenoxy) is 1. The van der Waals surface area contributed by atoms with Crippen molar-refractivity contribution >= 4 is 6.09 Å². The van der Waals surface area contributed by atoms with Crippen molar-refractivity contribution in [1.29, 1.82) is 0 Å². The van der Waals surface area contributed by atoms with Crippen molar-refractivity contribution in [2.45, 2.75) is 65.5 Å². The molecule has 0 radical (unpaired) electrons. The van der Waals surface area contributed by atoms with E-state index in [1.54, 1.807) is 0 Å². The SMILES string of the molecule is CC1(C)CCC(NCCN2CCN(C(=O)OC(C)(C)C)CC2)C1. The molecule has 0 aromatic carbocycles. The van der Waals surface area contributed by atoms with Gasteiger partial charge in [-0.25, -0.2) is 4.79 Å². The van der Waals surface area contributed by atoms with Gasteiger partial charge in [0.1, 0.15) is 5.60 Å². The summed E-state index contributed by atoms with van der Waals surface area (Å²) in [5, 5.41) is 3.70. The monoisotopic (exact) mass is 325 g/mol. The van der Waals surface area contributed by atoms with Crippen LogP contribution in [0.25, 0.3) is 0 Å². The quantitative estimate of drug-likeness (QED) is 0.863. The van der Waals surface area contributed by atoms with Crippen molar-refractivity contribution in [2.75, 3.05) is 39.3 Å². The summed E-state index contributed by atoms with van der Waals surface area (Å²) in [7, 11) is 0. The van der Waals surface area contributed by atoms with Crippen LogP contribution >= 0.6 is 0 Å². The highest BCUT2D eigenvalue weighted by atomic mass is 16.6. The molecular formula is C18H35N3O2. The van der Waals surface area contributed by atoms with Crippen LogP contribution in [0.5, 0.6) is 0 Å². The third-order valence-corrected chi connectivity index (χ3v) is 4.85. The lowest BCUT2D eigenvalue weighted by Gasteiger charge is -2.35. The van der Waals surface area contributed by atoms with Gasteiger partial charge in [0, 0.05) is 45.3 Å². The molecule has 23 heavy (non-hydrogen) atoms. The molecule has 0 aromatic rings. The predicted octanol–water partition coefficient (Wildman–Crippen LogP) is 2.71. The van der Waals surface area contributed by atoms with Gasteiger partial charge < -0.3 is 15.0 Å².